The van der Waals surface area contributed by atoms with Crippen LogP contribution < -0.4 is 9.47 Å². The summed E-state index contributed by atoms with van der Waals surface area (Å²) >= 11 is 0. The Hall–Kier alpha value is -3.80. The SMILES string of the molecule is CCc1cccc(C(=O)O)c1O.O=C(Oc1ccccc1)Oc1ccccc1. The van der Waals surface area contributed by atoms with Gasteiger partial charge in [-0.05, 0) is 42.3 Å². The van der Waals surface area contributed by atoms with Crippen LogP contribution in [0, 0.1) is 0 Å². The molecular weight excluding hydrogens is 360 g/mol. The predicted octanol–water partition coefficient (Wildman–Crippen LogP) is 4.92. The number of carbonyl (C=O) groups is 2. The van der Waals surface area contributed by atoms with E-state index < -0.39 is 12.1 Å². The van der Waals surface area contributed by atoms with Gasteiger partial charge in [0, 0.05) is 0 Å². The van der Waals surface area contributed by atoms with E-state index >= 15 is 0 Å². The quantitative estimate of drug-likeness (QED) is 0.493. The molecule has 0 aliphatic carbocycles. The first-order chi connectivity index (χ1) is 13.5. The fourth-order valence-corrected chi connectivity index (χ4v) is 2.24. The molecule has 0 aliphatic heterocycles. The lowest BCUT2D eigenvalue weighted by molar-refractivity contribution is 0.0693. The first kappa shape index (κ1) is 20.5. The molecule has 0 saturated heterocycles. The van der Waals surface area contributed by atoms with Crippen LogP contribution in [-0.2, 0) is 6.42 Å². The van der Waals surface area contributed by atoms with E-state index in [0.29, 0.717) is 23.5 Å². The van der Waals surface area contributed by atoms with Gasteiger partial charge < -0.3 is 19.7 Å². The molecule has 0 aromatic heterocycles. The van der Waals surface area contributed by atoms with E-state index in [0.717, 1.165) is 0 Å². The van der Waals surface area contributed by atoms with Crippen molar-refractivity contribution in [1.82, 2.24) is 0 Å². The number of para-hydroxylation sites is 3. The number of hydrogen-bond acceptors (Lipinski definition) is 5. The van der Waals surface area contributed by atoms with Crippen LogP contribution in [0.15, 0.2) is 78.9 Å². The second kappa shape index (κ2) is 10.4. The molecule has 6 heteroatoms. The summed E-state index contributed by atoms with van der Waals surface area (Å²) in [5.74, 6) is -0.290. The van der Waals surface area contributed by atoms with Crippen LogP contribution >= 0.6 is 0 Å². The smallest absolute Gasteiger partial charge is 0.507 e. The Labute approximate surface area is 162 Å². The van der Waals surface area contributed by atoms with Gasteiger partial charge in [-0.2, -0.15) is 0 Å². The van der Waals surface area contributed by atoms with Crippen molar-refractivity contribution in [1.29, 1.82) is 0 Å². The number of aromatic carboxylic acids is 1. The number of carboxylic acid groups (broad SMARTS) is 1. The second-order valence-corrected chi connectivity index (χ2v) is 5.55. The van der Waals surface area contributed by atoms with Gasteiger partial charge in [-0.1, -0.05) is 55.5 Å². The highest BCUT2D eigenvalue weighted by molar-refractivity contribution is 5.91. The summed E-state index contributed by atoms with van der Waals surface area (Å²) in [4.78, 5) is 21.9. The third kappa shape index (κ3) is 6.17. The van der Waals surface area contributed by atoms with Crippen LogP contribution in [0.25, 0.3) is 0 Å². The van der Waals surface area contributed by atoms with Crippen molar-refractivity contribution in [2.24, 2.45) is 0 Å². The monoisotopic (exact) mass is 380 g/mol. The van der Waals surface area contributed by atoms with Crippen LogP contribution in [0.1, 0.15) is 22.8 Å². The summed E-state index contributed by atoms with van der Waals surface area (Å²) in [5, 5.41) is 18.0. The Kier molecular flexibility index (Phi) is 7.60. The molecule has 3 rings (SSSR count). The third-order valence-electron chi connectivity index (χ3n) is 3.62. The van der Waals surface area contributed by atoms with E-state index in [4.69, 9.17) is 14.6 Å². The maximum Gasteiger partial charge on any atom is 0.519 e. The van der Waals surface area contributed by atoms with Crippen molar-refractivity contribution < 1.29 is 29.3 Å². The largest absolute Gasteiger partial charge is 0.519 e. The highest BCUT2D eigenvalue weighted by Gasteiger charge is 2.11. The van der Waals surface area contributed by atoms with Crippen LogP contribution in [0.5, 0.6) is 17.2 Å². The first-order valence-corrected chi connectivity index (χ1v) is 8.55. The molecule has 3 aromatic rings. The Balaban J connectivity index is 0.000000209. The van der Waals surface area contributed by atoms with Gasteiger partial charge in [-0.15, -0.1) is 0 Å². The number of benzene rings is 3. The average molecular weight is 380 g/mol. The Morgan fingerprint density at radius 3 is 1.71 bits per heavy atom. The van der Waals surface area contributed by atoms with Crippen LogP contribution in [-0.4, -0.2) is 22.3 Å². The maximum absolute atomic E-state index is 11.3. The number of carboxylic acids is 1. The van der Waals surface area contributed by atoms with Gasteiger partial charge in [0.05, 0.1) is 0 Å². The molecule has 2 N–H and O–H groups in total. The molecule has 0 heterocycles. The molecule has 6 nitrogen and oxygen atoms in total. The minimum atomic E-state index is -1.09. The Bertz CT molecular complexity index is 863. The summed E-state index contributed by atoms with van der Waals surface area (Å²) in [6, 6.07) is 22.3. The number of ether oxygens (including phenoxy) is 2. The van der Waals surface area contributed by atoms with Crippen molar-refractivity contribution in [2.75, 3.05) is 0 Å². The number of aryl methyl sites for hydroxylation is 1. The van der Waals surface area contributed by atoms with Crippen molar-refractivity contribution in [3.63, 3.8) is 0 Å². The van der Waals surface area contributed by atoms with Crippen LogP contribution in [0.3, 0.4) is 0 Å². The van der Waals surface area contributed by atoms with Gasteiger partial charge >= 0.3 is 12.1 Å². The van der Waals surface area contributed by atoms with Crippen LogP contribution in [0.2, 0.25) is 0 Å². The zero-order valence-corrected chi connectivity index (χ0v) is 15.2. The molecule has 0 radical (unpaired) electrons. The second-order valence-electron chi connectivity index (χ2n) is 5.55. The molecule has 0 amide bonds. The predicted molar refractivity (Wildman–Crippen MR) is 104 cm³/mol. The molecule has 0 spiro atoms. The fourth-order valence-electron chi connectivity index (χ4n) is 2.24. The standard InChI is InChI=1S/C13H10O3.C9H10O3/c14-13(15-11-7-3-1-4-8-11)16-12-9-5-2-6-10-12;1-2-6-4-3-5-7(8(6)10)9(11)12/h1-10H;3-5,10H,2H2,1H3,(H,11,12). The number of aromatic hydroxyl groups is 1. The number of phenols is 1. The molecule has 0 fully saturated rings. The normalized spacial score (nSPS) is 9.61. The molecular formula is C22H20O6. The fraction of sp³-hybridized carbons (Fsp3) is 0.0909. The van der Waals surface area contributed by atoms with E-state index in [1.54, 1.807) is 60.7 Å². The zero-order chi connectivity index (χ0) is 20.4. The van der Waals surface area contributed by atoms with E-state index in [1.807, 2.05) is 19.1 Å². The van der Waals surface area contributed by atoms with Crippen molar-refractivity contribution in [3.8, 4) is 17.2 Å². The lowest BCUT2D eigenvalue weighted by atomic mass is 10.1. The van der Waals surface area contributed by atoms with E-state index in [9.17, 15) is 14.7 Å². The van der Waals surface area contributed by atoms with Gasteiger partial charge in [-0.25, -0.2) is 9.59 Å². The van der Waals surface area contributed by atoms with Crippen molar-refractivity contribution in [3.05, 3.63) is 90.0 Å². The molecule has 0 atom stereocenters. The van der Waals surface area contributed by atoms with E-state index in [2.05, 4.69) is 0 Å². The summed E-state index contributed by atoms with van der Waals surface area (Å²) in [7, 11) is 0. The molecule has 28 heavy (non-hydrogen) atoms. The van der Waals surface area contributed by atoms with Gasteiger partial charge in [0.2, 0.25) is 0 Å². The molecule has 144 valence electrons. The van der Waals surface area contributed by atoms with Gasteiger partial charge in [0.15, 0.2) is 0 Å². The Morgan fingerprint density at radius 1 is 0.786 bits per heavy atom. The van der Waals surface area contributed by atoms with Crippen molar-refractivity contribution in [2.45, 2.75) is 13.3 Å². The molecule has 0 unspecified atom stereocenters. The lowest BCUT2D eigenvalue weighted by Crippen LogP contribution is -2.13. The highest BCUT2D eigenvalue weighted by atomic mass is 16.7. The topological polar surface area (TPSA) is 93.1 Å². The minimum absolute atomic E-state index is 0.0330. The van der Waals surface area contributed by atoms with Crippen molar-refractivity contribution >= 4 is 12.1 Å². The maximum atomic E-state index is 11.3. The van der Waals surface area contributed by atoms with E-state index in [1.165, 1.54) is 6.07 Å². The zero-order valence-electron chi connectivity index (χ0n) is 15.2. The van der Waals surface area contributed by atoms with E-state index in [-0.39, 0.29) is 11.3 Å². The number of hydrogen-bond donors (Lipinski definition) is 2. The average Bonchev–Trinajstić information content (AvgIpc) is 2.70. The number of carbonyl (C=O) groups excluding carboxylic acids is 1. The molecule has 0 bridgehead atoms. The minimum Gasteiger partial charge on any atom is -0.507 e. The summed E-state index contributed by atoms with van der Waals surface area (Å²) in [5.41, 5.74) is 0.629. The molecule has 0 aliphatic rings. The summed E-state index contributed by atoms with van der Waals surface area (Å²) < 4.78 is 9.91. The van der Waals surface area contributed by atoms with Gasteiger partial charge in [-0.3, -0.25) is 0 Å². The lowest BCUT2D eigenvalue weighted by Gasteiger charge is -2.04. The highest BCUT2D eigenvalue weighted by Crippen LogP contribution is 2.22. The summed E-state index contributed by atoms with van der Waals surface area (Å²) in [6.45, 7) is 1.86. The van der Waals surface area contributed by atoms with Crippen LogP contribution in [0.4, 0.5) is 4.79 Å². The van der Waals surface area contributed by atoms with Gasteiger partial charge in [0.1, 0.15) is 22.8 Å². The summed E-state index contributed by atoms with van der Waals surface area (Å²) in [6.07, 6.45) is -0.107. The first-order valence-electron chi connectivity index (χ1n) is 8.55. The molecule has 3 aromatic carbocycles. The number of rotatable bonds is 4. The third-order valence-corrected chi connectivity index (χ3v) is 3.62. The van der Waals surface area contributed by atoms with Gasteiger partial charge in [0.25, 0.3) is 0 Å². The Morgan fingerprint density at radius 2 is 1.29 bits per heavy atom. The molecule has 0 saturated carbocycles.